The summed E-state index contributed by atoms with van der Waals surface area (Å²) >= 11 is 0. The molecule has 0 radical (unpaired) electrons. The molecule has 5 rings (SSSR count). The molecule has 1 aromatic heterocycles. The van der Waals surface area contributed by atoms with E-state index in [2.05, 4.69) is 4.90 Å². The Balaban J connectivity index is 1.38. The Bertz CT molecular complexity index is 1030. The molecule has 224 valence electrons. The summed E-state index contributed by atoms with van der Waals surface area (Å²) in [7, 11) is 1.66. The Morgan fingerprint density at radius 1 is 0.700 bits per heavy atom. The zero-order chi connectivity index (χ0) is 27.8. The van der Waals surface area contributed by atoms with Gasteiger partial charge < -0.3 is 9.64 Å². The standard InChI is InChI=1S/C35H57N3O2/c1-40-31-22-23-32-33(27-31)36-29-38(35(32)39)34-28-37-25-20-18-16-14-12-10-8-6-4-2-3-5-7-9-11-13-15-17-19-21-30(34)24-26-37/h22-23,27,29-30,34H,2-21,24-26,28H2,1H3. The fourth-order valence-corrected chi connectivity index (χ4v) is 7.13. The van der Waals surface area contributed by atoms with Crippen LogP contribution in [0.4, 0.5) is 0 Å². The molecule has 40 heavy (non-hydrogen) atoms. The molecule has 3 saturated heterocycles. The highest BCUT2D eigenvalue weighted by Crippen LogP contribution is 2.32. The summed E-state index contributed by atoms with van der Waals surface area (Å²) in [6.07, 6.45) is 30.8. The molecule has 0 amide bonds. The largest absolute Gasteiger partial charge is 0.497 e. The van der Waals surface area contributed by atoms with Gasteiger partial charge in [0, 0.05) is 12.6 Å². The van der Waals surface area contributed by atoms with E-state index < -0.39 is 0 Å². The summed E-state index contributed by atoms with van der Waals surface area (Å²) < 4.78 is 7.35. The quantitative estimate of drug-likeness (QED) is 0.373. The number of methoxy groups -OCH3 is 1. The number of hydrogen-bond donors (Lipinski definition) is 0. The summed E-state index contributed by atoms with van der Waals surface area (Å²) in [5, 5.41) is 0.703. The van der Waals surface area contributed by atoms with E-state index in [0.717, 1.165) is 24.4 Å². The third-order valence-electron chi connectivity index (χ3n) is 9.70. The number of piperidine rings is 1. The highest BCUT2D eigenvalue weighted by Gasteiger charge is 2.31. The van der Waals surface area contributed by atoms with Gasteiger partial charge in [0.25, 0.3) is 5.56 Å². The van der Waals surface area contributed by atoms with E-state index in [4.69, 9.17) is 9.72 Å². The molecule has 0 spiro atoms. The van der Waals surface area contributed by atoms with Crippen LogP contribution in [0.5, 0.6) is 5.75 Å². The van der Waals surface area contributed by atoms with Gasteiger partial charge >= 0.3 is 0 Å². The highest BCUT2D eigenvalue weighted by atomic mass is 16.5. The fourth-order valence-electron chi connectivity index (χ4n) is 7.13. The van der Waals surface area contributed by atoms with Crippen molar-refractivity contribution in [1.82, 2.24) is 14.5 Å². The zero-order valence-corrected chi connectivity index (χ0v) is 25.6. The molecule has 2 bridgehead atoms. The van der Waals surface area contributed by atoms with Crippen LogP contribution in [0.2, 0.25) is 0 Å². The number of nitrogens with zero attached hydrogens (tertiary/aromatic N) is 3. The van der Waals surface area contributed by atoms with E-state index in [-0.39, 0.29) is 11.6 Å². The molecule has 0 N–H and O–H groups in total. The molecule has 3 aliphatic heterocycles. The Labute approximate surface area is 244 Å². The predicted octanol–water partition coefficient (Wildman–Crippen LogP) is 9.08. The Kier molecular flexibility index (Phi) is 13.8. The predicted molar refractivity (Wildman–Crippen MR) is 168 cm³/mol. The minimum atomic E-state index is 0.105. The van der Waals surface area contributed by atoms with Gasteiger partial charge in [0.15, 0.2) is 0 Å². The molecule has 3 fully saturated rings. The van der Waals surface area contributed by atoms with Crippen LogP contribution in [0.3, 0.4) is 0 Å². The van der Waals surface area contributed by atoms with Crippen molar-refractivity contribution in [2.45, 2.75) is 141 Å². The van der Waals surface area contributed by atoms with Crippen LogP contribution in [-0.2, 0) is 0 Å². The molecule has 3 aliphatic rings. The highest BCUT2D eigenvalue weighted by molar-refractivity contribution is 5.78. The van der Waals surface area contributed by atoms with Crippen LogP contribution in [-0.4, -0.2) is 41.2 Å². The summed E-state index contributed by atoms with van der Waals surface area (Å²) in [4.78, 5) is 21.0. The monoisotopic (exact) mass is 551 g/mol. The third-order valence-corrected chi connectivity index (χ3v) is 9.70. The number of fused-ring (bicyclic) bond motifs is 23. The van der Waals surface area contributed by atoms with Gasteiger partial charge in [-0.1, -0.05) is 116 Å². The maximum atomic E-state index is 13.7. The molecule has 4 heterocycles. The van der Waals surface area contributed by atoms with E-state index in [1.54, 1.807) is 7.11 Å². The number of ether oxygens (including phenoxy) is 1. The van der Waals surface area contributed by atoms with Gasteiger partial charge in [-0.3, -0.25) is 9.36 Å². The van der Waals surface area contributed by atoms with Crippen LogP contribution in [0.1, 0.15) is 141 Å². The summed E-state index contributed by atoms with van der Waals surface area (Å²) in [6, 6.07) is 5.86. The summed E-state index contributed by atoms with van der Waals surface area (Å²) in [5.41, 5.74) is 0.833. The van der Waals surface area contributed by atoms with Crippen molar-refractivity contribution in [3.05, 3.63) is 34.9 Å². The van der Waals surface area contributed by atoms with E-state index in [0.29, 0.717) is 11.3 Å². The van der Waals surface area contributed by atoms with Gasteiger partial charge in [-0.15, -0.1) is 0 Å². The number of aromatic nitrogens is 2. The van der Waals surface area contributed by atoms with Crippen LogP contribution in [0, 0.1) is 5.92 Å². The molecule has 0 saturated carbocycles. The first-order valence-corrected chi connectivity index (χ1v) is 17.0. The molecular formula is C35H57N3O2. The van der Waals surface area contributed by atoms with Crippen molar-refractivity contribution >= 4 is 10.9 Å². The second kappa shape index (κ2) is 17.8. The average Bonchev–Trinajstić information content (AvgIpc) is 2.98. The SMILES string of the molecule is COc1ccc2c(=O)n(C3CN4CCCCCCCCCCCCCCCCCCCCCC3CC4)cnc2c1. The topological polar surface area (TPSA) is 47.4 Å². The lowest BCUT2D eigenvalue weighted by atomic mass is 9.86. The first-order valence-electron chi connectivity index (χ1n) is 17.0. The van der Waals surface area contributed by atoms with Crippen molar-refractivity contribution in [3.63, 3.8) is 0 Å². The minimum absolute atomic E-state index is 0.105. The lowest BCUT2D eigenvalue weighted by Gasteiger charge is -2.39. The minimum Gasteiger partial charge on any atom is -0.497 e. The van der Waals surface area contributed by atoms with Gasteiger partial charge in [-0.05, 0) is 50.4 Å². The lowest BCUT2D eigenvalue weighted by molar-refractivity contribution is 0.112. The number of hydrogen-bond acceptors (Lipinski definition) is 4. The second-order valence-electron chi connectivity index (χ2n) is 12.8. The van der Waals surface area contributed by atoms with E-state index in [1.807, 2.05) is 29.1 Å². The normalized spacial score (nSPS) is 26.1. The lowest BCUT2D eigenvalue weighted by Crippen LogP contribution is -2.44. The zero-order valence-electron chi connectivity index (χ0n) is 25.6. The van der Waals surface area contributed by atoms with Gasteiger partial charge in [-0.25, -0.2) is 4.98 Å². The van der Waals surface area contributed by atoms with E-state index >= 15 is 0 Å². The molecule has 0 aliphatic carbocycles. The van der Waals surface area contributed by atoms with Crippen LogP contribution >= 0.6 is 0 Å². The first-order chi connectivity index (χ1) is 19.8. The third kappa shape index (κ3) is 9.89. The second-order valence-corrected chi connectivity index (χ2v) is 12.8. The van der Waals surface area contributed by atoms with Crippen LogP contribution in [0.25, 0.3) is 10.9 Å². The van der Waals surface area contributed by atoms with Gasteiger partial charge in [0.2, 0.25) is 0 Å². The van der Waals surface area contributed by atoms with Crippen LogP contribution in [0.15, 0.2) is 29.3 Å². The number of rotatable bonds is 2. The average molecular weight is 552 g/mol. The fraction of sp³-hybridized carbons (Fsp3) is 0.771. The van der Waals surface area contributed by atoms with Crippen molar-refractivity contribution in [3.8, 4) is 5.75 Å². The van der Waals surface area contributed by atoms with Crippen molar-refractivity contribution in [2.24, 2.45) is 5.92 Å². The maximum absolute atomic E-state index is 13.7. The molecule has 2 aromatic rings. The molecule has 3 atom stereocenters. The summed E-state index contributed by atoms with van der Waals surface area (Å²) in [6.45, 7) is 3.32. The van der Waals surface area contributed by atoms with E-state index in [1.165, 1.54) is 141 Å². The van der Waals surface area contributed by atoms with Gasteiger partial charge in [-0.2, -0.15) is 0 Å². The smallest absolute Gasteiger partial charge is 0.261 e. The van der Waals surface area contributed by atoms with Crippen molar-refractivity contribution in [2.75, 3.05) is 26.7 Å². The Morgan fingerprint density at radius 2 is 1.25 bits per heavy atom. The van der Waals surface area contributed by atoms with Crippen molar-refractivity contribution < 1.29 is 4.74 Å². The van der Waals surface area contributed by atoms with Crippen LogP contribution < -0.4 is 10.3 Å². The van der Waals surface area contributed by atoms with Gasteiger partial charge in [0.05, 0.1) is 30.4 Å². The first kappa shape index (κ1) is 31.1. The Morgan fingerprint density at radius 3 is 1.82 bits per heavy atom. The maximum Gasteiger partial charge on any atom is 0.261 e. The Hall–Kier alpha value is -1.88. The van der Waals surface area contributed by atoms with Gasteiger partial charge in [0.1, 0.15) is 5.75 Å². The molecular weight excluding hydrogens is 494 g/mol. The molecule has 5 nitrogen and oxygen atoms in total. The molecule has 5 heteroatoms. The van der Waals surface area contributed by atoms with Crippen molar-refractivity contribution in [1.29, 1.82) is 0 Å². The molecule has 1 aromatic carbocycles. The molecule has 3 unspecified atom stereocenters. The summed E-state index contributed by atoms with van der Waals surface area (Å²) in [5.74, 6) is 1.30. The van der Waals surface area contributed by atoms with E-state index in [9.17, 15) is 4.79 Å². The number of benzene rings is 1.